The number of piperidine rings is 1. The molecular weight excluding hydrogens is 372 g/mol. The van der Waals surface area contributed by atoms with Gasteiger partial charge in [-0.1, -0.05) is 24.3 Å². The fraction of sp³-hybridized carbons (Fsp3) is 0.682. The Bertz CT molecular complexity index is 756. The van der Waals surface area contributed by atoms with Crippen LogP contribution in [0, 0.1) is 5.41 Å². The van der Waals surface area contributed by atoms with Crippen LogP contribution in [0.1, 0.15) is 71.6 Å². The van der Waals surface area contributed by atoms with Crippen molar-refractivity contribution < 1.29 is 13.7 Å². The summed E-state index contributed by atoms with van der Waals surface area (Å²) in [5.74, 6) is 0. The average molecular weight is 407 g/mol. The first-order valence-corrected chi connectivity index (χ1v) is 11.3. The number of hydrogen-bond acceptors (Lipinski definition) is 3. The minimum absolute atomic E-state index is 0.0108. The Kier molecular flexibility index (Phi) is 5.67. The van der Waals surface area contributed by atoms with Gasteiger partial charge in [-0.3, -0.25) is 0 Å². The highest BCUT2D eigenvalue weighted by atomic mass is 32.2. The lowest BCUT2D eigenvalue weighted by Gasteiger charge is -2.44. The minimum Gasteiger partial charge on any atom is -0.444 e. The molecule has 1 aromatic rings. The van der Waals surface area contributed by atoms with Crippen molar-refractivity contribution in [2.24, 2.45) is 5.41 Å². The van der Waals surface area contributed by atoms with Gasteiger partial charge in [0.15, 0.2) is 0 Å². The molecule has 0 bridgehead atoms. The van der Waals surface area contributed by atoms with Gasteiger partial charge in [-0.05, 0) is 77.3 Å². The molecule has 1 amide bonds. The number of likely N-dealkylation sites (tertiary alicyclic amines) is 1. The third-order valence-electron chi connectivity index (χ3n) is 5.71. The lowest BCUT2D eigenvalue weighted by molar-refractivity contribution is 0.00724. The lowest BCUT2D eigenvalue weighted by atomic mass is 9.73. The van der Waals surface area contributed by atoms with Crippen LogP contribution < -0.4 is 4.72 Å². The molecule has 1 heterocycles. The van der Waals surface area contributed by atoms with Crippen molar-refractivity contribution in [2.45, 2.75) is 77.2 Å². The topological polar surface area (TPSA) is 58.6 Å². The molecule has 1 aliphatic carbocycles. The Hall–Kier alpha value is -1.40. The number of carbonyl (C=O) groups excluding carboxylic acids is 1. The smallest absolute Gasteiger partial charge is 0.410 e. The van der Waals surface area contributed by atoms with E-state index in [1.807, 2.05) is 46.4 Å². The first-order chi connectivity index (χ1) is 12.9. The standard InChI is InChI=1S/C22H34N2O3S/c1-20(2,3)27-19(25)24-13-11-22(12-14-24)15-16-9-7-8-10-17(16)18(22)23-28(26)21(4,5)6/h7-10,18,23H,11-15H2,1-6H3/t18?,28-/m1/s1. The normalized spacial score (nSPS) is 22.8. The maximum Gasteiger partial charge on any atom is 0.410 e. The number of fused-ring (bicyclic) bond motifs is 1. The number of benzene rings is 1. The monoisotopic (exact) mass is 406 g/mol. The van der Waals surface area contributed by atoms with Crippen LogP contribution in [0.4, 0.5) is 4.79 Å². The molecule has 156 valence electrons. The fourth-order valence-electron chi connectivity index (χ4n) is 4.19. The predicted octanol–water partition coefficient (Wildman–Crippen LogP) is 4.35. The second kappa shape index (κ2) is 7.45. The Morgan fingerprint density at radius 3 is 2.32 bits per heavy atom. The molecule has 0 radical (unpaired) electrons. The summed E-state index contributed by atoms with van der Waals surface area (Å²) in [6.07, 6.45) is 2.48. The second-order valence-electron chi connectivity index (χ2n) is 10.1. The van der Waals surface area contributed by atoms with Crippen molar-refractivity contribution >= 4 is 17.1 Å². The van der Waals surface area contributed by atoms with Gasteiger partial charge in [0, 0.05) is 13.1 Å². The van der Waals surface area contributed by atoms with Gasteiger partial charge >= 0.3 is 6.09 Å². The van der Waals surface area contributed by atoms with Crippen LogP contribution in [0.15, 0.2) is 24.3 Å². The van der Waals surface area contributed by atoms with Gasteiger partial charge < -0.3 is 9.64 Å². The Balaban J connectivity index is 1.79. The van der Waals surface area contributed by atoms with E-state index < -0.39 is 16.6 Å². The maximum atomic E-state index is 12.9. The molecule has 28 heavy (non-hydrogen) atoms. The summed E-state index contributed by atoms with van der Waals surface area (Å²) in [6, 6.07) is 8.51. The van der Waals surface area contributed by atoms with Gasteiger partial charge in [-0.15, -0.1) is 0 Å². The molecule has 0 saturated carbocycles. The zero-order valence-corrected chi connectivity index (χ0v) is 18.8. The Labute approximate surface area is 171 Å². The molecule has 1 fully saturated rings. The third-order valence-corrected chi connectivity index (χ3v) is 7.28. The summed E-state index contributed by atoms with van der Waals surface area (Å²) in [5.41, 5.74) is 2.09. The maximum absolute atomic E-state index is 12.9. The van der Waals surface area contributed by atoms with Crippen LogP contribution in [-0.2, 0) is 22.1 Å². The minimum atomic E-state index is -1.15. The zero-order chi connectivity index (χ0) is 20.7. The SMILES string of the molecule is CC(C)(C)OC(=O)N1CCC2(CC1)Cc1ccccc1C2N[S@](=O)C(C)(C)C. The fourth-order valence-corrected chi connectivity index (χ4v) is 5.13. The van der Waals surface area contributed by atoms with Crippen molar-refractivity contribution in [3.8, 4) is 0 Å². The first-order valence-electron chi connectivity index (χ1n) is 10.2. The zero-order valence-electron chi connectivity index (χ0n) is 18.0. The number of rotatable bonds is 2. The molecule has 1 unspecified atom stereocenters. The molecule has 2 aliphatic rings. The molecule has 3 rings (SSSR count). The van der Waals surface area contributed by atoms with Gasteiger partial charge in [0.05, 0.1) is 21.8 Å². The summed E-state index contributed by atoms with van der Waals surface area (Å²) in [4.78, 5) is 14.3. The number of nitrogens with zero attached hydrogens (tertiary/aromatic N) is 1. The molecule has 1 saturated heterocycles. The van der Waals surface area contributed by atoms with E-state index in [2.05, 4.69) is 29.0 Å². The van der Waals surface area contributed by atoms with Crippen LogP contribution in [-0.4, -0.2) is 38.6 Å². The second-order valence-corrected chi connectivity index (χ2v) is 12.1. The van der Waals surface area contributed by atoms with Crippen LogP contribution in [0.2, 0.25) is 0 Å². The van der Waals surface area contributed by atoms with Crippen molar-refractivity contribution in [2.75, 3.05) is 13.1 Å². The molecule has 1 aliphatic heterocycles. The summed E-state index contributed by atoms with van der Waals surface area (Å²) < 4.78 is 21.6. The van der Waals surface area contributed by atoms with Crippen LogP contribution in [0.5, 0.6) is 0 Å². The molecular formula is C22H34N2O3S. The molecule has 5 nitrogen and oxygen atoms in total. The average Bonchev–Trinajstić information content (AvgIpc) is 2.86. The van der Waals surface area contributed by atoms with Crippen molar-refractivity contribution in [1.82, 2.24) is 9.62 Å². The van der Waals surface area contributed by atoms with E-state index in [-0.39, 0.29) is 22.3 Å². The summed E-state index contributed by atoms with van der Waals surface area (Å²) in [5, 5.41) is 0. The van der Waals surface area contributed by atoms with Gasteiger partial charge in [0.2, 0.25) is 0 Å². The molecule has 1 spiro atoms. The number of amides is 1. The van der Waals surface area contributed by atoms with Crippen molar-refractivity contribution in [3.05, 3.63) is 35.4 Å². The lowest BCUT2D eigenvalue weighted by Crippen LogP contribution is -2.49. The quantitative estimate of drug-likeness (QED) is 0.794. The van der Waals surface area contributed by atoms with Gasteiger partial charge in [-0.25, -0.2) is 13.7 Å². The highest BCUT2D eigenvalue weighted by Crippen LogP contribution is 2.52. The molecule has 1 aromatic carbocycles. The van der Waals surface area contributed by atoms with E-state index in [1.54, 1.807) is 0 Å². The third kappa shape index (κ3) is 4.43. The van der Waals surface area contributed by atoms with E-state index in [1.165, 1.54) is 11.1 Å². The molecule has 1 N–H and O–H groups in total. The van der Waals surface area contributed by atoms with Crippen molar-refractivity contribution in [1.29, 1.82) is 0 Å². The van der Waals surface area contributed by atoms with Crippen LogP contribution >= 0.6 is 0 Å². The van der Waals surface area contributed by atoms with Gasteiger partial charge in [0.25, 0.3) is 0 Å². The van der Waals surface area contributed by atoms with Crippen LogP contribution in [0.25, 0.3) is 0 Å². The summed E-state index contributed by atoms with van der Waals surface area (Å²) in [7, 11) is -1.15. The summed E-state index contributed by atoms with van der Waals surface area (Å²) >= 11 is 0. The largest absolute Gasteiger partial charge is 0.444 e. The number of hydrogen-bond donors (Lipinski definition) is 1. The number of ether oxygens (including phenoxy) is 1. The number of carbonyl (C=O) groups is 1. The van der Waals surface area contributed by atoms with E-state index in [4.69, 9.17) is 4.74 Å². The molecule has 0 aromatic heterocycles. The van der Waals surface area contributed by atoms with E-state index in [0.717, 1.165) is 19.3 Å². The van der Waals surface area contributed by atoms with Crippen molar-refractivity contribution in [3.63, 3.8) is 0 Å². The van der Waals surface area contributed by atoms with Gasteiger partial charge in [0.1, 0.15) is 5.60 Å². The highest BCUT2D eigenvalue weighted by Gasteiger charge is 2.49. The summed E-state index contributed by atoms with van der Waals surface area (Å²) in [6.45, 7) is 13.0. The van der Waals surface area contributed by atoms with E-state index in [9.17, 15) is 9.00 Å². The Morgan fingerprint density at radius 1 is 1.14 bits per heavy atom. The highest BCUT2D eigenvalue weighted by molar-refractivity contribution is 7.84. The Morgan fingerprint density at radius 2 is 1.75 bits per heavy atom. The van der Waals surface area contributed by atoms with Crippen LogP contribution in [0.3, 0.4) is 0 Å². The van der Waals surface area contributed by atoms with E-state index in [0.29, 0.717) is 13.1 Å². The number of nitrogens with one attached hydrogen (secondary N) is 1. The van der Waals surface area contributed by atoms with E-state index >= 15 is 0 Å². The predicted molar refractivity (Wildman–Crippen MR) is 113 cm³/mol. The molecule has 6 heteroatoms. The van der Waals surface area contributed by atoms with Gasteiger partial charge in [-0.2, -0.15) is 0 Å². The first kappa shape index (κ1) is 21.3. The molecule has 2 atom stereocenters.